The summed E-state index contributed by atoms with van der Waals surface area (Å²) in [5, 5.41) is 0. The Hall–Kier alpha value is -0.810. The number of hydrogen-bond acceptors (Lipinski definition) is 4. The summed E-state index contributed by atoms with van der Waals surface area (Å²) in [7, 11) is 0. The van der Waals surface area contributed by atoms with Crippen molar-refractivity contribution in [1.82, 2.24) is 4.90 Å². The molecule has 2 unspecified atom stereocenters. The van der Waals surface area contributed by atoms with E-state index in [0.29, 0.717) is 6.61 Å². The molecule has 0 N–H and O–H groups in total. The molecule has 1 spiro atoms. The lowest BCUT2D eigenvalue weighted by atomic mass is 9.86. The molecule has 3 fully saturated rings. The highest BCUT2D eigenvalue weighted by atomic mass is 16.6. The van der Waals surface area contributed by atoms with Gasteiger partial charge < -0.3 is 14.2 Å². The number of piperidine rings is 1. The summed E-state index contributed by atoms with van der Waals surface area (Å²) in [6, 6.07) is 0.289. The maximum Gasteiger partial charge on any atom is 0.410 e. The molecule has 3 heterocycles. The molecular weight excluding hydrogens is 246 g/mol. The third-order valence-electron chi connectivity index (χ3n) is 4.06. The van der Waals surface area contributed by atoms with Gasteiger partial charge in [0.1, 0.15) is 5.60 Å². The summed E-state index contributed by atoms with van der Waals surface area (Å²) in [4.78, 5) is 14.3. The topological polar surface area (TPSA) is 51.3 Å². The molecule has 3 rings (SSSR count). The maximum atomic E-state index is 12.4. The molecule has 2 bridgehead atoms. The van der Waals surface area contributed by atoms with Gasteiger partial charge in [-0.25, -0.2) is 4.79 Å². The maximum absolute atomic E-state index is 12.4. The summed E-state index contributed by atoms with van der Waals surface area (Å²) < 4.78 is 16.8. The molecular formula is C14H23NO4. The van der Waals surface area contributed by atoms with Crippen molar-refractivity contribution in [2.24, 2.45) is 0 Å². The van der Waals surface area contributed by atoms with Gasteiger partial charge in [0.15, 0.2) is 0 Å². The summed E-state index contributed by atoms with van der Waals surface area (Å²) in [6.45, 7) is 7.86. The van der Waals surface area contributed by atoms with Crippen molar-refractivity contribution >= 4 is 6.09 Å². The van der Waals surface area contributed by atoms with Crippen molar-refractivity contribution in [2.45, 2.75) is 63.3 Å². The molecule has 3 atom stereocenters. The Morgan fingerprint density at radius 1 is 1.32 bits per heavy atom. The van der Waals surface area contributed by atoms with Crippen LogP contribution in [0.1, 0.15) is 40.0 Å². The molecule has 19 heavy (non-hydrogen) atoms. The molecule has 3 saturated heterocycles. The standard InChI is InChI=1S/C14H23NO4/c1-13(2,3)19-12(16)15-10-4-5-17-8-11(15)7-14(6-10)9-18-14/h10-11H,4-9H2,1-3H3/t10?,11-,14?/m1/s1. The highest BCUT2D eigenvalue weighted by molar-refractivity contribution is 5.69. The van der Waals surface area contributed by atoms with Crippen LogP contribution in [0.3, 0.4) is 0 Å². The Labute approximate surface area is 114 Å². The average molecular weight is 269 g/mol. The number of ether oxygens (including phenoxy) is 3. The first kappa shape index (κ1) is 13.2. The second-order valence-corrected chi connectivity index (χ2v) is 6.94. The minimum absolute atomic E-state index is 0.0293. The molecule has 0 radical (unpaired) electrons. The molecule has 108 valence electrons. The molecule has 0 aromatic carbocycles. The molecule has 0 aromatic rings. The van der Waals surface area contributed by atoms with Crippen LogP contribution in [-0.2, 0) is 14.2 Å². The Morgan fingerprint density at radius 3 is 2.63 bits per heavy atom. The second kappa shape index (κ2) is 4.35. The molecule has 5 nitrogen and oxygen atoms in total. The van der Waals surface area contributed by atoms with Crippen molar-refractivity contribution in [3.05, 3.63) is 0 Å². The van der Waals surface area contributed by atoms with E-state index in [4.69, 9.17) is 14.2 Å². The van der Waals surface area contributed by atoms with E-state index in [0.717, 1.165) is 32.5 Å². The number of hydrogen-bond donors (Lipinski definition) is 0. The zero-order valence-electron chi connectivity index (χ0n) is 12.0. The third kappa shape index (κ3) is 2.72. The molecule has 0 aromatic heterocycles. The number of carbonyl (C=O) groups excluding carboxylic acids is 1. The first-order valence-electron chi connectivity index (χ1n) is 7.12. The zero-order valence-corrected chi connectivity index (χ0v) is 12.0. The Balaban J connectivity index is 1.77. The van der Waals surface area contributed by atoms with E-state index in [-0.39, 0.29) is 23.8 Å². The van der Waals surface area contributed by atoms with Crippen molar-refractivity contribution < 1.29 is 19.0 Å². The molecule has 3 aliphatic heterocycles. The summed E-state index contributed by atoms with van der Waals surface area (Å²) in [5.41, 5.74) is -0.423. The largest absolute Gasteiger partial charge is 0.444 e. The highest BCUT2D eigenvalue weighted by Gasteiger charge is 2.55. The predicted octanol–water partition coefficient (Wildman–Crippen LogP) is 1.94. The van der Waals surface area contributed by atoms with Crippen molar-refractivity contribution in [3.8, 4) is 0 Å². The fourth-order valence-corrected chi connectivity index (χ4v) is 3.21. The van der Waals surface area contributed by atoms with Gasteiger partial charge in [-0.1, -0.05) is 0 Å². The van der Waals surface area contributed by atoms with Crippen molar-refractivity contribution in [3.63, 3.8) is 0 Å². The first-order chi connectivity index (χ1) is 8.89. The predicted molar refractivity (Wildman–Crippen MR) is 69.0 cm³/mol. The van der Waals surface area contributed by atoms with Gasteiger partial charge in [-0.15, -0.1) is 0 Å². The van der Waals surface area contributed by atoms with Crippen LogP contribution in [0.25, 0.3) is 0 Å². The van der Waals surface area contributed by atoms with E-state index in [1.165, 1.54) is 0 Å². The Kier molecular flexibility index (Phi) is 3.02. The van der Waals surface area contributed by atoms with Gasteiger partial charge in [-0.05, 0) is 33.6 Å². The van der Waals surface area contributed by atoms with Crippen LogP contribution in [0.15, 0.2) is 0 Å². The molecule has 3 aliphatic rings. The lowest BCUT2D eigenvalue weighted by molar-refractivity contribution is -0.0199. The molecule has 5 heteroatoms. The zero-order chi connectivity index (χ0) is 13.7. The van der Waals surface area contributed by atoms with Gasteiger partial charge in [0.25, 0.3) is 0 Å². The number of amides is 1. The van der Waals surface area contributed by atoms with Gasteiger partial charge in [0.05, 0.1) is 24.9 Å². The van der Waals surface area contributed by atoms with Gasteiger partial charge in [-0.3, -0.25) is 4.90 Å². The van der Waals surface area contributed by atoms with E-state index in [1.807, 2.05) is 25.7 Å². The van der Waals surface area contributed by atoms with Crippen LogP contribution < -0.4 is 0 Å². The number of rotatable bonds is 0. The summed E-state index contributed by atoms with van der Waals surface area (Å²) >= 11 is 0. The minimum Gasteiger partial charge on any atom is -0.444 e. The third-order valence-corrected chi connectivity index (χ3v) is 4.06. The fraction of sp³-hybridized carbons (Fsp3) is 0.929. The van der Waals surface area contributed by atoms with E-state index >= 15 is 0 Å². The van der Waals surface area contributed by atoms with E-state index in [1.54, 1.807) is 0 Å². The average Bonchev–Trinajstić information content (AvgIpc) is 3.01. The molecule has 0 saturated carbocycles. The number of fused-ring (bicyclic) bond motifs is 2. The van der Waals surface area contributed by atoms with Crippen molar-refractivity contribution in [2.75, 3.05) is 19.8 Å². The van der Waals surface area contributed by atoms with Crippen LogP contribution >= 0.6 is 0 Å². The monoisotopic (exact) mass is 269 g/mol. The number of carbonyl (C=O) groups is 1. The molecule has 0 aliphatic carbocycles. The van der Waals surface area contributed by atoms with E-state index in [9.17, 15) is 4.79 Å². The van der Waals surface area contributed by atoms with E-state index in [2.05, 4.69) is 0 Å². The van der Waals surface area contributed by atoms with Gasteiger partial charge in [0, 0.05) is 19.1 Å². The van der Waals surface area contributed by atoms with Gasteiger partial charge in [-0.2, -0.15) is 0 Å². The number of nitrogens with zero attached hydrogens (tertiary/aromatic N) is 1. The van der Waals surface area contributed by atoms with Crippen molar-refractivity contribution in [1.29, 1.82) is 0 Å². The SMILES string of the molecule is CC(C)(C)OC(=O)N1C2CCOC[C@H]1CC1(CO1)C2. The van der Waals surface area contributed by atoms with Crippen LogP contribution in [0, 0.1) is 0 Å². The lowest BCUT2D eigenvalue weighted by Crippen LogP contribution is -2.56. The Morgan fingerprint density at radius 2 is 2.00 bits per heavy atom. The second-order valence-electron chi connectivity index (χ2n) is 6.94. The first-order valence-corrected chi connectivity index (χ1v) is 7.12. The minimum atomic E-state index is -0.452. The summed E-state index contributed by atoms with van der Waals surface area (Å²) in [6.07, 6.45) is 2.47. The fourth-order valence-electron chi connectivity index (χ4n) is 3.21. The van der Waals surface area contributed by atoms with E-state index < -0.39 is 5.60 Å². The lowest BCUT2D eigenvalue weighted by Gasteiger charge is -2.42. The van der Waals surface area contributed by atoms with Crippen LogP contribution in [0.2, 0.25) is 0 Å². The Bertz CT molecular complexity index is 354. The van der Waals surface area contributed by atoms with Crippen LogP contribution in [0.4, 0.5) is 4.79 Å². The molecule has 1 amide bonds. The quantitative estimate of drug-likeness (QED) is 0.631. The van der Waals surface area contributed by atoms with Gasteiger partial charge in [0.2, 0.25) is 0 Å². The van der Waals surface area contributed by atoms with Crippen LogP contribution in [-0.4, -0.2) is 54.1 Å². The normalized spacial score (nSPS) is 37.9. The number of epoxide rings is 1. The van der Waals surface area contributed by atoms with Gasteiger partial charge >= 0.3 is 6.09 Å². The summed E-state index contributed by atoms with van der Waals surface area (Å²) in [5.74, 6) is 0. The van der Waals surface area contributed by atoms with Crippen LogP contribution in [0.5, 0.6) is 0 Å². The smallest absolute Gasteiger partial charge is 0.410 e. The highest BCUT2D eigenvalue weighted by Crippen LogP contribution is 2.45.